The minimum Gasteiger partial charge on any atom is -0.287 e. The summed E-state index contributed by atoms with van der Waals surface area (Å²) in [6.07, 6.45) is -45.3. The van der Waals surface area contributed by atoms with Crippen molar-refractivity contribution < 1.29 is 115 Å². The first-order valence-electron chi connectivity index (χ1n) is 21.5. The molecule has 422 valence electrons. The van der Waals surface area contributed by atoms with Crippen molar-refractivity contribution in [1.29, 1.82) is 0 Å². The number of Topliss-reactive ketones (excluding diaryl/α,β-unsaturated/α-hetero) is 1. The molecule has 0 unspecified atom stereocenters. The van der Waals surface area contributed by atoms with Gasteiger partial charge in [-0.25, -0.2) is 0 Å². The molecule has 0 aliphatic heterocycles. The second kappa shape index (κ2) is 22.6. The molecule has 5 aromatic carbocycles. The highest BCUT2D eigenvalue weighted by molar-refractivity contribution is 7.20. The van der Waals surface area contributed by atoms with Gasteiger partial charge in [0.25, 0.3) is 0 Å². The Hall–Kier alpha value is -7.72. The molecule has 6 rings (SSSR count). The summed E-state index contributed by atoms with van der Waals surface area (Å²) in [5.41, 5.74) is -20.4. The predicted molar refractivity (Wildman–Crippen MR) is 232 cm³/mol. The fraction of sp³-hybridized carbons (Fsp3) is 0.229. The summed E-state index contributed by atoms with van der Waals surface area (Å²) in [6.45, 7) is 0.589. The Morgan fingerprint density at radius 3 is 1.06 bits per heavy atom. The van der Waals surface area contributed by atoms with Gasteiger partial charge in [-0.05, 0) is 29.8 Å². The molecule has 0 amide bonds. The van der Waals surface area contributed by atoms with Crippen LogP contribution in [0.4, 0.5) is 105 Å². The number of aromatic nitrogens is 2. The average Bonchev–Trinajstić information content (AvgIpc) is 3.46. The standard InChI is InChI=1S/C32H12BF24.C16H16N5O/c34-25(35,36)13-1-14(26(37,38)39)6-21(5-13)33(22-7-15(27(40,41)42)2-16(8-22)28(43,44)45,23-9-17(29(46,47)48)3-18(10-23)30(49,50)51)24-11-19(31(52,53)54)4-20(12-24)32(55,56)57;17-20-19-9-5-4-8-15-12-18-10-11-21(15)13-16(22)14-6-2-1-3-7-14/h1-12H;1-7,10-12H,8-9,13H2/q-1;+1. The first-order valence-corrected chi connectivity index (χ1v) is 21.5. The van der Waals surface area contributed by atoms with Gasteiger partial charge in [-0.15, -0.1) is 0 Å². The first-order chi connectivity index (χ1) is 36.1. The average molecular weight is 1160 g/mol. The number of alkyl halides is 24. The molecule has 31 heteroatoms. The normalized spacial score (nSPS) is 13.2. The number of azide groups is 1. The molecule has 1 heterocycles. The third-order valence-electron chi connectivity index (χ3n) is 11.5. The fourth-order valence-corrected chi connectivity index (χ4v) is 8.05. The van der Waals surface area contributed by atoms with E-state index in [1.807, 2.05) is 41.0 Å². The minimum atomic E-state index is -6.13. The van der Waals surface area contributed by atoms with E-state index in [0.717, 1.165) is 5.69 Å². The highest BCUT2D eigenvalue weighted by Gasteiger charge is 2.47. The van der Waals surface area contributed by atoms with E-state index in [4.69, 9.17) is 5.53 Å². The summed E-state index contributed by atoms with van der Waals surface area (Å²) < 4.78 is 343. The Morgan fingerprint density at radius 2 is 0.785 bits per heavy atom. The van der Waals surface area contributed by atoms with E-state index in [0.29, 0.717) is 18.5 Å². The van der Waals surface area contributed by atoms with E-state index < -0.39 is 195 Å². The molecule has 1 aromatic heterocycles. The fourth-order valence-electron chi connectivity index (χ4n) is 8.05. The SMILES string of the molecule is FC(F)(F)c1cc([B-](c2cc(C(F)(F)F)cc(C(F)(F)F)c2)(c2cc(C(F)(F)F)cc(C(F)(F)F)c2)c2cc(C(F)(F)F)cc(C(F)(F)F)c2)cc(C(F)(F)F)c1.[N-]=[N+]=NCC=CCc1cncc[n+]1CC(=O)c1ccccc1. The van der Waals surface area contributed by atoms with Gasteiger partial charge in [0.1, 0.15) is 6.15 Å². The quantitative estimate of drug-likeness (QED) is 0.0189. The summed E-state index contributed by atoms with van der Waals surface area (Å²) in [4.78, 5) is 19.0. The lowest BCUT2D eigenvalue weighted by Crippen LogP contribution is -2.75. The lowest BCUT2D eigenvalue weighted by molar-refractivity contribution is -0.690. The Bertz CT molecular complexity index is 2800. The maximum atomic E-state index is 14.2. The molecular formula is C48H28BF24N5O. The number of ketones is 1. The van der Waals surface area contributed by atoms with E-state index in [-0.39, 0.29) is 12.3 Å². The van der Waals surface area contributed by atoms with Gasteiger partial charge in [0, 0.05) is 17.0 Å². The van der Waals surface area contributed by atoms with Crippen LogP contribution < -0.4 is 26.4 Å². The third kappa shape index (κ3) is 15.3. The van der Waals surface area contributed by atoms with Crippen LogP contribution in [-0.2, 0) is 62.4 Å². The van der Waals surface area contributed by atoms with Crippen LogP contribution in [0.2, 0.25) is 0 Å². The molecule has 0 radical (unpaired) electrons. The van der Waals surface area contributed by atoms with Gasteiger partial charge in [0.15, 0.2) is 6.20 Å². The highest BCUT2D eigenvalue weighted by Crippen LogP contribution is 2.41. The molecule has 0 saturated carbocycles. The Kier molecular flexibility index (Phi) is 17.7. The highest BCUT2D eigenvalue weighted by atomic mass is 19.4. The maximum absolute atomic E-state index is 14.2. The maximum Gasteiger partial charge on any atom is 0.416 e. The Balaban J connectivity index is 0.000000433. The summed E-state index contributed by atoms with van der Waals surface area (Å²) in [6, 6.07) is 0.395. The van der Waals surface area contributed by atoms with Gasteiger partial charge in [-0.2, -0.15) is 132 Å². The topological polar surface area (TPSA) is 82.6 Å². The number of benzene rings is 5. The zero-order valence-electron chi connectivity index (χ0n) is 38.6. The van der Waals surface area contributed by atoms with Gasteiger partial charge < -0.3 is 0 Å². The number of hydrogen-bond donors (Lipinski definition) is 0. The zero-order chi connectivity index (χ0) is 59.5. The van der Waals surface area contributed by atoms with Gasteiger partial charge in [0.05, 0.1) is 63.3 Å². The number of rotatable bonds is 11. The Labute approximate surface area is 427 Å². The smallest absolute Gasteiger partial charge is 0.287 e. The van der Waals surface area contributed by atoms with E-state index in [2.05, 4.69) is 15.0 Å². The second-order valence-corrected chi connectivity index (χ2v) is 16.8. The van der Waals surface area contributed by atoms with Crippen LogP contribution in [0, 0.1) is 0 Å². The van der Waals surface area contributed by atoms with Gasteiger partial charge in [0.2, 0.25) is 18.0 Å². The molecule has 0 bridgehead atoms. The van der Waals surface area contributed by atoms with E-state index >= 15 is 0 Å². The van der Waals surface area contributed by atoms with Crippen LogP contribution in [-0.4, -0.2) is 23.5 Å². The van der Waals surface area contributed by atoms with E-state index in [1.165, 1.54) is 0 Å². The van der Waals surface area contributed by atoms with Crippen molar-refractivity contribution in [3.05, 3.63) is 200 Å². The minimum absolute atomic E-state index is 0.0520. The summed E-state index contributed by atoms with van der Waals surface area (Å²) in [5.74, 6) is 0.0520. The lowest BCUT2D eigenvalue weighted by Gasteiger charge is -2.46. The van der Waals surface area contributed by atoms with Crippen LogP contribution >= 0.6 is 0 Å². The summed E-state index contributed by atoms with van der Waals surface area (Å²) >= 11 is 0. The van der Waals surface area contributed by atoms with Crippen molar-refractivity contribution in [2.45, 2.75) is 62.4 Å². The molecular weight excluding hydrogens is 1130 g/mol. The monoisotopic (exact) mass is 1160 g/mol. The molecule has 0 atom stereocenters. The number of hydrogen-bond acceptors (Lipinski definition) is 3. The molecule has 6 nitrogen and oxygen atoms in total. The largest absolute Gasteiger partial charge is 0.416 e. The van der Waals surface area contributed by atoms with Crippen LogP contribution in [0.5, 0.6) is 0 Å². The molecule has 0 spiro atoms. The van der Waals surface area contributed by atoms with Crippen LogP contribution in [0.25, 0.3) is 10.4 Å². The van der Waals surface area contributed by atoms with E-state index in [1.54, 1.807) is 24.7 Å². The molecule has 0 aliphatic carbocycles. The van der Waals surface area contributed by atoms with Crippen molar-refractivity contribution in [3.8, 4) is 0 Å². The van der Waals surface area contributed by atoms with Gasteiger partial charge in [-0.1, -0.05) is 96.1 Å². The summed E-state index contributed by atoms with van der Waals surface area (Å²) in [5, 5.41) is 3.43. The summed E-state index contributed by atoms with van der Waals surface area (Å²) in [7, 11) is 0. The predicted octanol–water partition coefficient (Wildman–Crippen LogP) is 13.9. The number of carbonyl (C=O) groups excluding carboxylic acids is 1. The molecule has 79 heavy (non-hydrogen) atoms. The van der Waals surface area contributed by atoms with Crippen molar-refractivity contribution in [2.24, 2.45) is 5.11 Å². The molecule has 0 N–H and O–H groups in total. The number of carbonyl (C=O) groups is 1. The van der Waals surface area contributed by atoms with Crippen LogP contribution in [0.15, 0.2) is 139 Å². The Morgan fingerprint density at radius 1 is 0.481 bits per heavy atom. The van der Waals surface area contributed by atoms with E-state index in [9.17, 15) is 110 Å². The third-order valence-corrected chi connectivity index (χ3v) is 11.5. The van der Waals surface area contributed by atoms with Gasteiger partial charge in [-0.3, -0.25) is 9.78 Å². The molecule has 0 aliphatic rings. The molecule has 6 aromatic rings. The second-order valence-electron chi connectivity index (χ2n) is 16.8. The number of halogens is 24. The van der Waals surface area contributed by atoms with Crippen LogP contribution in [0.1, 0.15) is 60.6 Å². The van der Waals surface area contributed by atoms with Gasteiger partial charge >= 0.3 is 49.4 Å². The molecule has 0 fully saturated rings. The first kappa shape index (κ1) is 62.1. The zero-order valence-corrected chi connectivity index (χ0v) is 38.6. The van der Waals surface area contributed by atoms with Crippen molar-refractivity contribution in [2.75, 3.05) is 6.54 Å². The number of nitrogens with zero attached hydrogens (tertiary/aromatic N) is 5. The van der Waals surface area contributed by atoms with Crippen molar-refractivity contribution in [3.63, 3.8) is 0 Å². The molecule has 0 saturated heterocycles. The van der Waals surface area contributed by atoms with Crippen molar-refractivity contribution >= 4 is 33.8 Å². The van der Waals surface area contributed by atoms with Crippen LogP contribution in [0.3, 0.4) is 0 Å². The lowest BCUT2D eigenvalue weighted by atomic mass is 9.12. The number of allylic oxidation sites excluding steroid dienone is 1. The van der Waals surface area contributed by atoms with Crippen molar-refractivity contribution in [1.82, 2.24) is 4.98 Å².